The first-order valence-corrected chi connectivity index (χ1v) is 7.28. The molecule has 4 N–H and O–H groups in total. The summed E-state index contributed by atoms with van der Waals surface area (Å²) in [5, 5.41) is 24.0. The van der Waals surface area contributed by atoms with Gasteiger partial charge in [-0.25, -0.2) is 9.59 Å². The molecule has 1 heterocycles. The topological polar surface area (TPSA) is 116 Å². The fraction of sp³-hybridized carbons (Fsp3) is 0.364. The predicted octanol–water partition coefficient (Wildman–Crippen LogP) is 1.63. The summed E-state index contributed by atoms with van der Waals surface area (Å²) in [4.78, 5) is 33.8. The van der Waals surface area contributed by atoms with Crippen LogP contribution in [0.15, 0.2) is 15.9 Å². The van der Waals surface area contributed by atoms with Gasteiger partial charge >= 0.3 is 18.0 Å². The quantitative estimate of drug-likeness (QED) is 0.586. The molecule has 0 saturated carbocycles. The fourth-order valence-electron chi connectivity index (χ4n) is 1.35. The van der Waals surface area contributed by atoms with E-state index in [0.717, 1.165) is 9.35 Å². The fourth-order valence-corrected chi connectivity index (χ4v) is 2.78. The van der Waals surface area contributed by atoms with Crippen LogP contribution in [0.4, 0.5) is 4.79 Å². The molecule has 1 aromatic heterocycles. The van der Waals surface area contributed by atoms with Gasteiger partial charge in [0.05, 0.1) is 6.54 Å². The average Bonchev–Trinajstić information content (AvgIpc) is 2.77. The molecule has 0 aliphatic carbocycles. The molecular weight excluding hydrogens is 352 g/mol. The van der Waals surface area contributed by atoms with Crippen molar-refractivity contribution in [3.8, 4) is 0 Å². The number of thiophene rings is 1. The summed E-state index contributed by atoms with van der Waals surface area (Å²) in [5.74, 6) is -2.38. The maximum atomic E-state index is 11.6. The minimum absolute atomic E-state index is 0.166. The molecule has 2 amide bonds. The molecule has 0 aliphatic heterocycles. The molecule has 0 spiro atoms. The van der Waals surface area contributed by atoms with Crippen molar-refractivity contribution in [2.45, 2.75) is 25.4 Å². The summed E-state index contributed by atoms with van der Waals surface area (Å²) in [6, 6.07) is -0.0343. The van der Waals surface area contributed by atoms with Crippen molar-refractivity contribution in [1.29, 1.82) is 0 Å². The first-order chi connectivity index (χ1) is 9.40. The smallest absolute Gasteiger partial charge is 0.326 e. The lowest BCUT2D eigenvalue weighted by molar-refractivity contribution is -0.140. The highest BCUT2D eigenvalue weighted by molar-refractivity contribution is 9.10. The third-order valence-electron chi connectivity index (χ3n) is 2.35. The Labute approximate surface area is 127 Å². The third-order valence-corrected chi connectivity index (χ3v) is 4.28. The van der Waals surface area contributed by atoms with Crippen LogP contribution in [-0.4, -0.2) is 34.2 Å². The lowest BCUT2D eigenvalue weighted by Crippen LogP contribution is -2.45. The molecule has 1 atom stereocenters. The van der Waals surface area contributed by atoms with E-state index in [1.54, 1.807) is 0 Å². The Morgan fingerprint density at radius 2 is 2.05 bits per heavy atom. The van der Waals surface area contributed by atoms with Crippen LogP contribution in [0.1, 0.15) is 17.7 Å². The van der Waals surface area contributed by atoms with E-state index in [2.05, 4.69) is 26.6 Å². The monoisotopic (exact) mass is 364 g/mol. The zero-order chi connectivity index (χ0) is 15.1. The van der Waals surface area contributed by atoms with Gasteiger partial charge in [0, 0.05) is 15.8 Å². The summed E-state index contributed by atoms with van der Waals surface area (Å²) in [5.41, 5.74) is 0. The Balaban J connectivity index is 2.43. The number of carbonyl (C=O) groups excluding carboxylic acids is 1. The molecule has 0 radical (unpaired) electrons. The maximum Gasteiger partial charge on any atom is 0.326 e. The molecule has 0 aliphatic rings. The highest BCUT2D eigenvalue weighted by Crippen LogP contribution is 2.21. The van der Waals surface area contributed by atoms with Gasteiger partial charge in [-0.05, 0) is 33.8 Å². The van der Waals surface area contributed by atoms with Crippen LogP contribution in [0, 0.1) is 0 Å². The first-order valence-electron chi connectivity index (χ1n) is 5.61. The van der Waals surface area contributed by atoms with E-state index in [0.29, 0.717) is 0 Å². The van der Waals surface area contributed by atoms with Crippen LogP contribution in [0.25, 0.3) is 0 Å². The summed E-state index contributed by atoms with van der Waals surface area (Å²) in [7, 11) is 0. The van der Waals surface area contributed by atoms with E-state index >= 15 is 0 Å². The van der Waals surface area contributed by atoms with Crippen molar-refractivity contribution in [2.75, 3.05) is 0 Å². The number of nitrogens with one attached hydrogen (secondary N) is 2. The number of carbonyl (C=O) groups is 3. The lowest BCUT2D eigenvalue weighted by atomic mass is 10.1. The van der Waals surface area contributed by atoms with Gasteiger partial charge in [0.2, 0.25) is 0 Å². The number of hydrogen-bond donors (Lipinski definition) is 4. The van der Waals surface area contributed by atoms with Gasteiger partial charge in [-0.2, -0.15) is 0 Å². The predicted molar refractivity (Wildman–Crippen MR) is 75.7 cm³/mol. The van der Waals surface area contributed by atoms with Gasteiger partial charge < -0.3 is 20.8 Å². The van der Waals surface area contributed by atoms with E-state index in [1.165, 1.54) is 11.3 Å². The summed E-state index contributed by atoms with van der Waals surface area (Å²) >= 11 is 4.76. The largest absolute Gasteiger partial charge is 0.481 e. The molecule has 110 valence electrons. The zero-order valence-corrected chi connectivity index (χ0v) is 12.7. The van der Waals surface area contributed by atoms with Gasteiger partial charge in [0.15, 0.2) is 0 Å². The summed E-state index contributed by atoms with van der Waals surface area (Å²) in [6.07, 6.45) is -0.492. The van der Waals surface area contributed by atoms with Crippen molar-refractivity contribution < 1.29 is 24.6 Å². The first kappa shape index (κ1) is 16.4. The number of aliphatic carboxylic acids is 2. The van der Waals surface area contributed by atoms with Gasteiger partial charge in [-0.3, -0.25) is 4.79 Å². The standard InChI is InChI=1S/C11H13BrN2O5S/c12-6-3-4-20-8(6)5-13-11(19)14-7(10(17)18)1-2-9(15)16/h3-4,7H,1-2,5H2,(H,15,16)(H,17,18)(H2,13,14,19)/t7-/m0/s1. The van der Waals surface area contributed by atoms with Gasteiger partial charge in [0.25, 0.3) is 0 Å². The van der Waals surface area contributed by atoms with E-state index in [-0.39, 0.29) is 19.4 Å². The van der Waals surface area contributed by atoms with Crippen molar-refractivity contribution in [2.24, 2.45) is 0 Å². The second-order valence-corrected chi connectivity index (χ2v) is 5.70. The van der Waals surface area contributed by atoms with Crippen LogP contribution < -0.4 is 10.6 Å². The number of hydrogen-bond acceptors (Lipinski definition) is 4. The second kappa shape index (κ2) is 7.85. The van der Waals surface area contributed by atoms with Crippen molar-refractivity contribution in [1.82, 2.24) is 10.6 Å². The molecule has 9 heteroatoms. The number of carboxylic acid groups (broad SMARTS) is 2. The Morgan fingerprint density at radius 1 is 1.35 bits per heavy atom. The number of carboxylic acids is 2. The van der Waals surface area contributed by atoms with Crippen LogP contribution in [0.3, 0.4) is 0 Å². The van der Waals surface area contributed by atoms with Crippen molar-refractivity contribution >= 4 is 45.2 Å². The van der Waals surface area contributed by atoms with Crippen LogP contribution in [0.2, 0.25) is 0 Å². The van der Waals surface area contributed by atoms with Crippen LogP contribution in [-0.2, 0) is 16.1 Å². The summed E-state index contributed by atoms with van der Waals surface area (Å²) < 4.78 is 0.864. The highest BCUT2D eigenvalue weighted by atomic mass is 79.9. The normalized spacial score (nSPS) is 11.7. The van der Waals surface area contributed by atoms with E-state index in [4.69, 9.17) is 10.2 Å². The van der Waals surface area contributed by atoms with Crippen molar-refractivity contribution in [3.63, 3.8) is 0 Å². The zero-order valence-electron chi connectivity index (χ0n) is 10.3. The summed E-state index contributed by atoms with van der Waals surface area (Å²) in [6.45, 7) is 0.259. The third kappa shape index (κ3) is 5.57. The lowest BCUT2D eigenvalue weighted by Gasteiger charge is -2.14. The Hall–Kier alpha value is -1.61. The minimum Gasteiger partial charge on any atom is -0.481 e. The molecule has 0 saturated heterocycles. The Morgan fingerprint density at radius 3 is 2.55 bits per heavy atom. The van der Waals surface area contributed by atoms with E-state index < -0.39 is 24.0 Å². The van der Waals surface area contributed by atoms with Gasteiger partial charge in [-0.15, -0.1) is 11.3 Å². The average molecular weight is 365 g/mol. The number of amides is 2. The van der Waals surface area contributed by atoms with Gasteiger partial charge in [-0.1, -0.05) is 0 Å². The molecule has 0 unspecified atom stereocenters. The van der Waals surface area contributed by atoms with E-state index in [1.807, 2.05) is 11.4 Å². The number of urea groups is 1. The second-order valence-electron chi connectivity index (χ2n) is 3.84. The molecule has 20 heavy (non-hydrogen) atoms. The van der Waals surface area contributed by atoms with Crippen LogP contribution in [0.5, 0.6) is 0 Å². The molecule has 1 aromatic rings. The molecule has 0 aromatic carbocycles. The van der Waals surface area contributed by atoms with Crippen molar-refractivity contribution in [3.05, 3.63) is 20.8 Å². The molecular formula is C11H13BrN2O5S. The highest BCUT2D eigenvalue weighted by Gasteiger charge is 2.20. The van der Waals surface area contributed by atoms with E-state index in [9.17, 15) is 14.4 Å². The Bertz CT molecular complexity index is 505. The Kier molecular flexibility index (Phi) is 6.46. The number of rotatable bonds is 7. The maximum absolute atomic E-state index is 11.6. The minimum atomic E-state index is -1.27. The SMILES string of the molecule is O=C(O)CC[C@H](NC(=O)NCc1sccc1Br)C(=O)O. The molecule has 7 nitrogen and oxygen atoms in total. The van der Waals surface area contributed by atoms with Crippen LogP contribution >= 0.6 is 27.3 Å². The molecule has 0 bridgehead atoms. The number of halogens is 1. The van der Waals surface area contributed by atoms with Gasteiger partial charge in [0.1, 0.15) is 6.04 Å². The molecule has 0 fully saturated rings. The molecule has 1 rings (SSSR count).